The first-order chi connectivity index (χ1) is 5.93. The second-order valence-electron chi connectivity index (χ2n) is 3.47. The fourth-order valence-corrected chi connectivity index (χ4v) is 0.562. The molecule has 0 fully saturated rings. The third-order valence-electron chi connectivity index (χ3n) is 1.49. The van der Waals surface area contributed by atoms with Crippen molar-refractivity contribution in [3.63, 3.8) is 0 Å². The molecule has 0 bridgehead atoms. The van der Waals surface area contributed by atoms with Gasteiger partial charge in [-0.15, -0.1) is 0 Å². The Morgan fingerprint density at radius 1 is 1.31 bits per heavy atom. The number of ketones is 1. The number of rotatable bonds is 4. The zero-order valence-corrected chi connectivity index (χ0v) is 8.59. The molecule has 1 amide bonds. The summed E-state index contributed by atoms with van der Waals surface area (Å²) >= 11 is 0. The quantitative estimate of drug-likeness (QED) is 0.722. The molecule has 1 atom stereocenters. The number of carbonyl (C=O) groups is 2. The Morgan fingerprint density at radius 3 is 2.23 bits per heavy atom. The first-order valence-electron chi connectivity index (χ1n) is 4.37. The summed E-state index contributed by atoms with van der Waals surface area (Å²) in [6.07, 6.45) is -0.531. The molecule has 0 heterocycles. The van der Waals surface area contributed by atoms with Crippen molar-refractivity contribution in [3.8, 4) is 0 Å². The van der Waals surface area contributed by atoms with Crippen LogP contribution in [0.3, 0.4) is 0 Å². The lowest BCUT2D eigenvalue weighted by Gasteiger charge is -2.11. The summed E-state index contributed by atoms with van der Waals surface area (Å²) in [6, 6.07) is -0.473. The second kappa shape index (κ2) is 5.56. The maximum Gasteiger partial charge on any atom is 0.407 e. The molecule has 0 rings (SSSR count). The standard InChI is InChI=1S/C9H17NO3/c1-6(2)5-13-9(12)10-7(3)8(4)11/h6-7H,5H2,1-4H3,(H,10,12). The normalized spacial score (nSPS) is 12.4. The van der Waals surface area contributed by atoms with Crippen LogP contribution in [0.5, 0.6) is 0 Å². The predicted octanol–water partition coefficient (Wildman–Crippen LogP) is 1.35. The monoisotopic (exact) mass is 187 g/mol. The molecule has 0 saturated carbocycles. The molecule has 0 aliphatic rings. The number of amides is 1. The van der Waals surface area contributed by atoms with E-state index in [0.29, 0.717) is 12.5 Å². The molecule has 4 nitrogen and oxygen atoms in total. The van der Waals surface area contributed by atoms with Gasteiger partial charge in [-0.2, -0.15) is 0 Å². The van der Waals surface area contributed by atoms with E-state index < -0.39 is 12.1 Å². The maximum absolute atomic E-state index is 11.0. The van der Waals surface area contributed by atoms with Crippen molar-refractivity contribution in [2.24, 2.45) is 5.92 Å². The first kappa shape index (κ1) is 11.9. The van der Waals surface area contributed by atoms with Crippen LogP contribution in [0.1, 0.15) is 27.7 Å². The van der Waals surface area contributed by atoms with Crippen LogP contribution in [0.4, 0.5) is 4.79 Å². The van der Waals surface area contributed by atoms with E-state index in [9.17, 15) is 9.59 Å². The molecule has 0 radical (unpaired) electrons. The van der Waals surface area contributed by atoms with Gasteiger partial charge in [-0.3, -0.25) is 4.79 Å². The molecule has 1 unspecified atom stereocenters. The molecule has 0 aliphatic heterocycles. The summed E-state index contributed by atoms with van der Waals surface area (Å²) in [7, 11) is 0. The highest BCUT2D eigenvalue weighted by Gasteiger charge is 2.11. The van der Waals surface area contributed by atoms with Crippen LogP contribution in [-0.2, 0) is 9.53 Å². The number of nitrogens with one attached hydrogen (secondary N) is 1. The summed E-state index contributed by atoms with van der Waals surface area (Å²) < 4.78 is 4.82. The smallest absolute Gasteiger partial charge is 0.407 e. The van der Waals surface area contributed by atoms with Gasteiger partial charge in [0.2, 0.25) is 0 Å². The third-order valence-corrected chi connectivity index (χ3v) is 1.49. The van der Waals surface area contributed by atoms with Crippen molar-refractivity contribution in [2.45, 2.75) is 33.7 Å². The molecule has 4 heteroatoms. The Bertz CT molecular complexity index is 189. The number of hydrogen-bond donors (Lipinski definition) is 1. The van der Waals surface area contributed by atoms with Crippen LogP contribution in [0.25, 0.3) is 0 Å². The molecule has 1 N–H and O–H groups in total. The van der Waals surface area contributed by atoms with Crippen LogP contribution in [-0.4, -0.2) is 24.5 Å². The van der Waals surface area contributed by atoms with E-state index in [1.54, 1.807) is 6.92 Å². The lowest BCUT2D eigenvalue weighted by molar-refractivity contribution is -0.118. The summed E-state index contributed by atoms with van der Waals surface area (Å²) in [4.78, 5) is 21.7. The summed E-state index contributed by atoms with van der Waals surface area (Å²) in [5, 5.41) is 2.42. The molecule has 0 aromatic heterocycles. The van der Waals surface area contributed by atoms with E-state index in [0.717, 1.165) is 0 Å². The van der Waals surface area contributed by atoms with Crippen molar-refractivity contribution in [2.75, 3.05) is 6.61 Å². The second-order valence-corrected chi connectivity index (χ2v) is 3.47. The number of ether oxygens (including phenoxy) is 1. The highest BCUT2D eigenvalue weighted by Crippen LogP contribution is 1.93. The average Bonchev–Trinajstić information content (AvgIpc) is 2.00. The fraction of sp³-hybridized carbons (Fsp3) is 0.778. The Balaban J connectivity index is 3.68. The Kier molecular flexibility index (Phi) is 5.11. The zero-order chi connectivity index (χ0) is 10.4. The van der Waals surface area contributed by atoms with Gasteiger partial charge in [0, 0.05) is 0 Å². The van der Waals surface area contributed by atoms with Gasteiger partial charge >= 0.3 is 6.09 Å². The Hall–Kier alpha value is -1.06. The maximum atomic E-state index is 11.0. The van der Waals surface area contributed by atoms with E-state index >= 15 is 0 Å². The van der Waals surface area contributed by atoms with Crippen LogP contribution in [0.2, 0.25) is 0 Å². The molecular formula is C9H17NO3. The Labute approximate surface area is 78.6 Å². The SMILES string of the molecule is CC(=O)C(C)NC(=O)OCC(C)C. The highest BCUT2D eigenvalue weighted by atomic mass is 16.5. The Morgan fingerprint density at radius 2 is 1.85 bits per heavy atom. The molecule has 0 saturated heterocycles. The zero-order valence-electron chi connectivity index (χ0n) is 8.59. The summed E-state index contributed by atoms with van der Waals surface area (Å²) in [6.45, 7) is 7.31. The topological polar surface area (TPSA) is 55.4 Å². The molecule has 0 spiro atoms. The number of hydrogen-bond acceptors (Lipinski definition) is 3. The lowest BCUT2D eigenvalue weighted by atomic mass is 10.2. The first-order valence-corrected chi connectivity index (χ1v) is 4.37. The van der Waals surface area contributed by atoms with E-state index in [-0.39, 0.29) is 5.78 Å². The molecule has 0 aromatic rings. The summed E-state index contributed by atoms with van der Waals surface area (Å²) in [5.41, 5.74) is 0. The minimum absolute atomic E-state index is 0.0819. The van der Waals surface area contributed by atoms with Gasteiger partial charge in [0.05, 0.1) is 12.6 Å². The van der Waals surface area contributed by atoms with Gasteiger partial charge in [0.25, 0.3) is 0 Å². The lowest BCUT2D eigenvalue weighted by Crippen LogP contribution is -2.38. The third kappa shape index (κ3) is 6.13. The molecule has 76 valence electrons. The molecule has 0 aliphatic carbocycles. The molecule has 13 heavy (non-hydrogen) atoms. The van der Waals surface area contributed by atoms with Crippen molar-refractivity contribution < 1.29 is 14.3 Å². The van der Waals surface area contributed by atoms with Crippen LogP contribution < -0.4 is 5.32 Å². The van der Waals surface area contributed by atoms with Crippen LogP contribution in [0.15, 0.2) is 0 Å². The number of carbonyl (C=O) groups excluding carboxylic acids is 2. The van der Waals surface area contributed by atoms with Gasteiger partial charge in [0.1, 0.15) is 0 Å². The van der Waals surface area contributed by atoms with E-state index in [4.69, 9.17) is 4.74 Å². The number of Topliss-reactive ketones (excluding diaryl/α,β-unsaturated/α-hetero) is 1. The van der Waals surface area contributed by atoms with Crippen molar-refractivity contribution in [1.29, 1.82) is 0 Å². The van der Waals surface area contributed by atoms with E-state index in [2.05, 4.69) is 5.32 Å². The summed E-state index contributed by atoms with van der Waals surface area (Å²) in [5.74, 6) is 0.222. The number of alkyl carbamates (subject to hydrolysis) is 1. The van der Waals surface area contributed by atoms with Crippen molar-refractivity contribution in [1.82, 2.24) is 5.32 Å². The van der Waals surface area contributed by atoms with E-state index in [1.807, 2.05) is 13.8 Å². The van der Waals surface area contributed by atoms with Gasteiger partial charge in [-0.25, -0.2) is 4.79 Å². The predicted molar refractivity (Wildman–Crippen MR) is 49.5 cm³/mol. The largest absolute Gasteiger partial charge is 0.449 e. The van der Waals surface area contributed by atoms with E-state index in [1.165, 1.54) is 6.92 Å². The van der Waals surface area contributed by atoms with Gasteiger partial charge in [0.15, 0.2) is 5.78 Å². The van der Waals surface area contributed by atoms with Crippen molar-refractivity contribution in [3.05, 3.63) is 0 Å². The molecular weight excluding hydrogens is 170 g/mol. The molecule has 0 aromatic carbocycles. The van der Waals surface area contributed by atoms with Crippen molar-refractivity contribution >= 4 is 11.9 Å². The highest BCUT2D eigenvalue weighted by molar-refractivity contribution is 5.84. The van der Waals surface area contributed by atoms with Gasteiger partial charge in [-0.1, -0.05) is 13.8 Å². The minimum Gasteiger partial charge on any atom is -0.449 e. The van der Waals surface area contributed by atoms with Crippen LogP contribution >= 0.6 is 0 Å². The average molecular weight is 187 g/mol. The van der Waals surface area contributed by atoms with Gasteiger partial charge in [-0.05, 0) is 19.8 Å². The minimum atomic E-state index is -0.531. The van der Waals surface area contributed by atoms with Crippen LogP contribution in [0, 0.1) is 5.92 Å². The fourth-order valence-electron chi connectivity index (χ4n) is 0.562. The van der Waals surface area contributed by atoms with Gasteiger partial charge < -0.3 is 10.1 Å².